The summed E-state index contributed by atoms with van der Waals surface area (Å²) in [6.45, 7) is 1.57. The van der Waals surface area contributed by atoms with Crippen LogP contribution in [-0.2, 0) is 0 Å². The standard InChI is InChI=1S/C15H13F2N3O/c16-10-2-1-3-12(14(10)17)20-15(21)9-4-5-11-13(8-9)19-7-6-18-11/h1-5,8,18-19H,6-7H2,(H,20,21). The van der Waals surface area contributed by atoms with Crippen LogP contribution in [0.15, 0.2) is 36.4 Å². The van der Waals surface area contributed by atoms with E-state index in [4.69, 9.17) is 0 Å². The van der Waals surface area contributed by atoms with Gasteiger partial charge < -0.3 is 16.0 Å². The van der Waals surface area contributed by atoms with Crippen LogP contribution in [0.3, 0.4) is 0 Å². The summed E-state index contributed by atoms with van der Waals surface area (Å²) in [4.78, 5) is 12.1. The lowest BCUT2D eigenvalue weighted by molar-refractivity contribution is 0.102. The largest absolute Gasteiger partial charge is 0.382 e. The van der Waals surface area contributed by atoms with Crippen LogP contribution in [0.25, 0.3) is 0 Å². The predicted octanol–water partition coefficient (Wildman–Crippen LogP) is 3.05. The Morgan fingerprint density at radius 1 is 1.05 bits per heavy atom. The lowest BCUT2D eigenvalue weighted by Crippen LogP contribution is -2.21. The Balaban J connectivity index is 1.84. The van der Waals surface area contributed by atoms with Crippen LogP contribution in [0.1, 0.15) is 10.4 Å². The molecule has 2 aromatic carbocycles. The van der Waals surface area contributed by atoms with Crippen molar-refractivity contribution in [1.82, 2.24) is 0 Å². The van der Waals surface area contributed by atoms with Crippen molar-refractivity contribution >= 4 is 23.0 Å². The van der Waals surface area contributed by atoms with Crippen molar-refractivity contribution in [2.75, 3.05) is 29.0 Å². The highest BCUT2D eigenvalue weighted by Crippen LogP contribution is 2.26. The number of carbonyl (C=O) groups is 1. The van der Waals surface area contributed by atoms with E-state index < -0.39 is 17.5 Å². The molecule has 4 nitrogen and oxygen atoms in total. The summed E-state index contributed by atoms with van der Waals surface area (Å²) in [5.74, 6) is -2.55. The van der Waals surface area contributed by atoms with Crippen LogP contribution in [0.4, 0.5) is 25.8 Å². The second kappa shape index (κ2) is 5.40. The van der Waals surface area contributed by atoms with E-state index in [1.807, 2.05) is 0 Å². The third-order valence-corrected chi connectivity index (χ3v) is 3.24. The van der Waals surface area contributed by atoms with Gasteiger partial charge in [0, 0.05) is 18.7 Å². The smallest absolute Gasteiger partial charge is 0.255 e. The fourth-order valence-electron chi connectivity index (χ4n) is 2.18. The van der Waals surface area contributed by atoms with E-state index in [2.05, 4.69) is 16.0 Å². The maximum absolute atomic E-state index is 13.5. The number of hydrogen-bond donors (Lipinski definition) is 3. The molecule has 1 aliphatic rings. The quantitative estimate of drug-likeness (QED) is 0.796. The second-order valence-electron chi connectivity index (χ2n) is 4.67. The lowest BCUT2D eigenvalue weighted by Gasteiger charge is -2.20. The summed E-state index contributed by atoms with van der Waals surface area (Å²) in [6, 6.07) is 8.73. The molecule has 0 aliphatic carbocycles. The predicted molar refractivity (Wildman–Crippen MR) is 77.7 cm³/mol. The number of carbonyl (C=O) groups excluding carboxylic acids is 1. The molecule has 108 valence electrons. The second-order valence-corrected chi connectivity index (χ2v) is 4.67. The molecule has 21 heavy (non-hydrogen) atoms. The first-order chi connectivity index (χ1) is 10.1. The summed E-state index contributed by atoms with van der Waals surface area (Å²) in [5, 5.41) is 8.73. The highest BCUT2D eigenvalue weighted by molar-refractivity contribution is 6.05. The molecule has 1 heterocycles. The molecule has 2 aromatic rings. The van der Waals surface area contributed by atoms with E-state index in [0.717, 1.165) is 30.5 Å². The fraction of sp³-hybridized carbons (Fsp3) is 0.133. The molecule has 0 saturated heterocycles. The van der Waals surface area contributed by atoms with Gasteiger partial charge in [-0.25, -0.2) is 8.78 Å². The molecular weight excluding hydrogens is 276 g/mol. The Morgan fingerprint density at radius 3 is 2.62 bits per heavy atom. The Hall–Kier alpha value is -2.63. The molecule has 0 radical (unpaired) electrons. The molecule has 0 fully saturated rings. The lowest BCUT2D eigenvalue weighted by atomic mass is 10.1. The van der Waals surface area contributed by atoms with Gasteiger partial charge in [-0.3, -0.25) is 4.79 Å². The molecule has 6 heteroatoms. The van der Waals surface area contributed by atoms with Crippen molar-refractivity contribution < 1.29 is 13.6 Å². The average Bonchev–Trinajstić information content (AvgIpc) is 2.51. The monoisotopic (exact) mass is 289 g/mol. The zero-order valence-electron chi connectivity index (χ0n) is 11.0. The molecule has 1 amide bonds. The summed E-state index contributed by atoms with van der Waals surface area (Å²) >= 11 is 0. The minimum absolute atomic E-state index is 0.177. The van der Waals surface area contributed by atoms with Gasteiger partial charge >= 0.3 is 0 Å². The zero-order valence-corrected chi connectivity index (χ0v) is 11.0. The van der Waals surface area contributed by atoms with Gasteiger partial charge in [-0.05, 0) is 30.3 Å². The van der Waals surface area contributed by atoms with Gasteiger partial charge in [0.2, 0.25) is 0 Å². The van der Waals surface area contributed by atoms with Gasteiger partial charge in [0.25, 0.3) is 5.91 Å². The van der Waals surface area contributed by atoms with Gasteiger partial charge in [0.15, 0.2) is 11.6 Å². The number of fused-ring (bicyclic) bond motifs is 1. The number of anilines is 3. The van der Waals surface area contributed by atoms with Crippen LogP contribution >= 0.6 is 0 Å². The van der Waals surface area contributed by atoms with Crippen molar-refractivity contribution in [2.24, 2.45) is 0 Å². The van der Waals surface area contributed by atoms with Crippen molar-refractivity contribution in [3.8, 4) is 0 Å². The highest BCUT2D eigenvalue weighted by Gasteiger charge is 2.14. The maximum atomic E-state index is 13.5. The number of halogens is 2. The first-order valence-electron chi connectivity index (χ1n) is 6.52. The van der Waals surface area contributed by atoms with E-state index in [-0.39, 0.29) is 5.69 Å². The van der Waals surface area contributed by atoms with Crippen LogP contribution < -0.4 is 16.0 Å². The summed E-state index contributed by atoms with van der Waals surface area (Å²) in [6.07, 6.45) is 0. The molecular formula is C15H13F2N3O. The van der Waals surface area contributed by atoms with Gasteiger partial charge in [-0.2, -0.15) is 0 Å². The molecule has 0 bridgehead atoms. The Labute approximate surface area is 120 Å². The first kappa shape index (κ1) is 13.4. The third-order valence-electron chi connectivity index (χ3n) is 3.24. The minimum atomic E-state index is -1.07. The Bertz CT molecular complexity index is 703. The van der Waals surface area contributed by atoms with Crippen LogP contribution in [0.5, 0.6) is 0 Å². The number of hydrogen-bond acceptors (Lipinski definition) is 3. The molecule has 0 atom stereocenters. The molecule has 3 N–H and O–H groups in total. The summed E-state index contributed by atoms with van der Waals surface area (Å²) in [7, 11) is 0. The van der Waals surface area contributed by atoms with Crippen molar-refractivity contribution in [1.29, 1.82) is 0 Å². The van der Waals surface area contributed by atoms with E-state index in [1.165, 1.54) is 12.1 Å². The van der Waals surface area contributed by atoms with Gasteiger partial charge in [0.1, 0.15) is 0 Å². The van der Waals surface area contributed by atoms with Crippen molar-refractivity contribution in [3.05, 3.63) is 53.6 Å². The SMILES string of the molecule is O=C(Nc1cccc(F)c1F)c1ccc2c(c1)NCCN2. The number of rotatable bonds is 2. The minimum Gasteiger partial charge on any atom is -0.382 e. The Kier molecular flexibility index (Phi) is 3.43. The molecule has 0 spiro atoms. The van der Waals surface area contributed by atoms with Crippen LogP contribution in [0.2, 0.25) is 0 Å². The molecule has 0 saturated carbocycles. The van der Waals surface area contributed by atoms with Crippen molar-refractivity contribution in [2.45, 2.75) is 0 Å². The van der Waals surface area contributed by atoms with Crippen LogP contribution in [0, 0.1) is 11.6 Å². The fourth-order valence-corrected chi connectivity index (χ4v) is 2.18. The Morgan fingerprint density at radius 2 is 1.81 bits per heavy atom. The first-order valence-corrected chi connectivity index (χ1v) is 6.52. The number of benzene rings is 2. The van der Waals surface area contributed by atoms with Crippen molar-refractivity contribution in [3.63, 3.8) is 0 Å². The number of amides is 1. The number of nitrogens with one attached hydrogen (secondary N) is 3. The summed E-state index contributed by atoms with van der Waals surface area (Å²) in [5.41, 5.74) is 1.92. The van der Waals surface area contributed by atoms with E-state index in [9.17, 15) is 13.6 Å². The topological polar surface area (TPSA) is 53.2 Å². The summed E-state index contributed by atoms with van der Waals surface area (Å²) < 4.78 is 26.7. The zero-order chi connectivity index (χ0) is 14.8. The third kappa shape index (κ3) is 2.65. The van der Waals surface area contributed by atoms with Gasteiger partial charge in [0.05, 0.1) is 17.1 Å². The highest BCUT2D eigenvalue weighted by atomic mass is 19.2. The average molecular weight is 289 g/mol. The van der Waals surface area contributed by atoms with E-state index >= 15 is 0 Å². The van der Waals surface area contributed by atoms with E-state index in [1.54, 1.807) is 18.2 Å². The maximum Gasteiger partial charge on any atom is 0.255 e. The van der Waals surface area contributed by atoms with Crippen LogP contribution in [-0.4, -0.2) is 19.0 Å². The van der Waals surface area contributed by atoms with E-state index in [0.29, 0.717) is 5.56 Å². The molecule has 1 aliphatic heterocycles. The molecule has 0 unspecified atom stereocenters. The molecule has 0 aromatic heterocycles. The molecule has 3 rings (SSSR count). The van der Waals surface area contributed by atoms with Gasteiger partial charge in [-0.15, -0.1) is 0 Å². The normalized spacial score (nSPS) is 12.9. The van der Waals surface area contributed by atoms with Gasteiger partial charge in [-0.1, -0.05) is 6.07 Å².